The van der Waals surface area contributed by atoms with Crippen LogP contribution in [0.3, 0.4) is 0 Å². The number of amides is 1. The summed E-state index contributed by atoms with van der Waals surface area (Å²) in [5.74, 6) is 1.17. The molecule has 0 unspecified atom stereocenters. The van der Waals surface area contributed by atoms with Crippen molar-refractivity contribution in [1.82, 2.24) is 15.0 Å². The number of thiazole rings is 2. The second-order valence-corrected chi connectivity index (χ2v) is 8.95. The van der Waals surface area contributed by atoms with Gasteiger partial charge in [0.1, 0.15) is 0 Å². The number of benzene rings is 2. The molecule has 4 heterocycles. The van der Waals surface area contributed by atoms with Gasteiger partial charge in [-0.1, -0.05) is 29.5 Å². The lowest BCUT2D eigenvalue weighted by Gasteiger charge is -2.18. The quantitative estimate of drug-likeness (QED) is 0.392. The van der Waals surface area contributed by atoms with E-state index in [0.717, 1.165) is 26.0 Å². The van der Waals surface area contributed by atoms with Crippen molar-refractivity contribution >= 4 is 54.1 Å². The van der Waals surface area contributed by atoms with Crippen LogP contribution in [0.4, 0.5) is 5.13 Å². The number of nitrogens with zero attached hydrogens (tertiary/aromatic N) is 4. The van der Waals surface area contributed by atoms with Gasteiger partial charge < -0.3 is 9.47 Å². The number of carbonyl (C=O) groups excluding carboxylic acids is 1. The van der Waals surface area contributed by atoms with Gasteiger partial charge >= 0.3 is 0 Å². The normalized spacial score (nSPS) is 12.5. The first-order chi connectivity index (χ1) is 15.2. The Morgan fingerprint density at radius 3 is 2.68 bits per heavy atom. The van der Waals surface area contributed by atoms with Crippen LogP contribution in [0.15, 0.2) is 60.9 Å². The molecule has 1 aliphatic rings. The molecule has 0 N–H and O–H groups in total. The SMILES string of the molecule is O=C(c1nc2ccccc2s1)N(Cc1cccnc1)c1nc2cc3c(cc2s1)OCO3. The molecule has 7 nitrogen and oxygen atoms in total. The van der Waals surface area contributed by atoms with Crippen LogP contribution in [0.1, 0.15) is 15.4 Å². The lowest BCUT2D eigenvalue weighted by molar-refractivity contribution is 0.0985. The first kappa shape index (κ1) is 18.2. The molecule has 152 valence electrons. The summed E-state index contributed by atoms with van der Waals surface area (Å²) in [5, 5.41) is 1.02. The third-order valence-electron chi connectivity index (χ3n) is 4.89. The van der Waals surface area contributed by atoms with Crippen LogP contribution >= 0.6 is 22.7 Å². The van der Waals surface area contributed by atoms with Gasteiger partial charge in [0.25, 0.3) is 5.91 Å². The highest BCUT2D eigenvalue weighted by atomic mass is 32.1. The Hall–Kier alpha value is -3.56. The first-order valence-corrected chi connectivity index (χ1v) is 11.1. The molecule has 0 fully saturated rings. The van der Waals surface area contributed by atoms with Crippen LogP contribution in [0, 0.1) is 0 Å². The minimum atomic E-state index is -0.191. The molecule has 2 aromatic carbocycles. The van der Waals surface area contributed by atoms with Gasteiger partial charge in [-0.3, -0.25) is 14.7 Å². The number of rotatable bonds is 4. The van der Waals surface area contributed by atoms with Gasteiger partial charge in [0.2, 0.25) is 6.79 Å². The highest BCUT2D eigenvalue weighted by Gasteiger charge is 2.26. The molecule has 6 rings (SSSR count). The van der Waals surface area contributed by atoms with Crippen molar-refractivity contribution in [1.29, 1.82) is 0 Å². The summed E-state index contributed by atoms with van der Waals surface area (Å²) in [4.78, 5) is 28.7. The maximum Gasteiger partial charge on any atom is 0.289 e. The molecule has 0 atom stereocenters. The third kappa shape index (κ3) is 3.28. The number of aromatic nitrogens is 3. The molecule has 9 heteroatoms. The van der Waals surface area contributed by atoms with Crippen molar-refractivity contribution in [3.63, 3.8) is 0 Å². The lowest BCUT2D eigenvalue weighted by atomic mass is 10.2. The van der Waals surface area contributed by atoms with E-state index in [-0.39, 0.29) is 12.7 Å². The van der Waals surface area contributed by atoms with Crippen LogP contribution in [-0.4, -0.2) is 27.7 Å². The first-order valence-electron chi connectivity index (χ1n) is 9.51. The zero-order chi connectivity index (χ0) is 20.8. The summed E-state index contributed by atoms with van der Waals surface area (Å²) < 4.78 is 12.8. The van der Waals surface area contributed by atoms with Crippen molar-refractivity contribution < 1.29 is 14.3 Å². The zero-order valence-corrected chi connectivity index (χ0v) is 17.7. The van der Waals surface area contributed by atoms with E-state index in [1.807, 2.05) is 48.5 Å². The predicted molar refractivity (Wildman–Crippen MR) is 120 cm³/mol. The van der Waals surface area contributed by atoms with E-state index in [1.165, 1.54) is 22.7 Å². The van der Waals surface area contributed by atoms with E-state index in [9.17, 15) is 4.79 Å². The molecule has 1 amide bonds. The number of hydrogen-bond acceptors (Lipinski definition) is 8. The van der Waals surface area contributed by atoms with E-state index in [2.05, 4.69) is 9.97 Å². The minimum Gasteiger partial charge on any atom is -0.454 e. The number of pyridine rings is 1. The average Bonchev–Trinajstić information content (AvgIpc) is 3.52. The number of fused-ring (bicyclic) bond motifs is 3. The smallest absolute Gasteiger partial charge is 0.289 e. The molecule has 3 aromatic heterocycles. The van der Waals surface area contributed by atoms with E-state index < -0.39 is 0 Å². The Balaban J connectivity index is 1.44. The second-order valence-electron chi connectivity index (χ2n) is 6.91. The van der Waals surface area contributed by atoms with Crippen molar-refractivity contribution in [2.45, 2.75) is 6.54 Å². The average molecular weight is 447 g/mol. The summed E-state index contributed by atoms with van der Waals surface area (Å²) in [6.07, 6.45) is 3.46. The van der Waals surface area contributed by atoms with Gasteiger partial charge in [0, 0.05) is 24.5 Å². The number of anilines is 1. The predicted octanol–water partition coefficient (Wildman–Crippen LogP) is 4.88. The fourth-order valence-corrected chi connectivity index (χ4v) is 5.29. The van der Waals surface area contributed by atoms with Crippen molar-refractivity contribution in [3.8, 4) is 11.5 Å². The maximum absolute atomic E-state index is 13.6. The van der Waals surface area contributed by atoms with Crippen LogP contribution in [0.25, 0.3) is 20.4 Å². The molecular formula is C22H14N4O3S2. The molecule has 0 saturated carbocycles. The van der Waals surface area contributed by atoms with Crippen LogP contribution in [0.2, 0.25) is 0 Å². The van der Waals surface area contributed by atoms with E-state index in [1.54, 1.807) is 17.3 Å². The van der Waals surface area contributed by atoms with E-state index in [0.29, 0.717) is 28.2 Å². The fraction of sp³-hybridized carbons (Fsp3) is 0.0909. The number of carbonyl (C=O) groups is 1. The zero-order valence-electron chi connectivity index (χ0n) is 16.0. The molecule has 0 spiro atoms. The molecule has 0 saturated heterocycles. The van der Waals surface area contributed by atoms with E-state index in [4.69, 9.17) is 14.5 Å². The van der Waals surface area contributed by atoms with Crippen LogP contribution < -0.4 is 14.4 Å². The summed E-state index contributed by atoms with van der Waals surface area (Å²) >= 11 is 2.82. The minimum absolute atomic E-state index is 0.191. The largest absolute Gasteiger partial charge is 0.454 e. The van der Waals surface area contributed by atoms with Gasteiger partial charge in [-0.2, -0.15) is 0 Å². The summed E-state index contributed by atoms with van der Waals surface area (Å²) in [7, 11) is 0. The van der Waals surface area contributed by atoms with E-state index >= 15 is 0 Å². The van der Waals surface area contributed by atoms with Gasteiger partial charge in [-0.15, -0.1) is 11.3 Å². The maximum atomic E-state index is 13.6. The van der Waals surface area contributed by atoms with Crippen molar-refractivity contribution in [2.24, 2.45) is 0 Å². The molecule has 0 bridgehead atoms. The summed E-state index contributed by atoms with van der Waals surface area (Å²) in [5.41, 5.74) is 2.48. The fourth-order valence-electron chi connectivity index (χ4n) is 3.40. The van der Waals surface area contributed by atoms with Gasteiger partial charge in [0.15, 0.2) is 21.6 Å². The topological polar surface area (TPSA) is 77.4 Å². The Morgan fingerprint density at radius 2 is 1.84 bits per heavy atom. The molecule has 31 heavy (non-hydrogen) atoms. The van der Waals surface area contributed by atoms with Crippen molar-refractivity contribution in [3.05, 3.63) is 71.5 Å². The Bertz CT molecular complexity index is 1360. The molecular weight excluding hydrogens is 432 g/mol. The Labute approximate surface area is 184 Å². The monoisotopic (exact) mass is 446 g/mol. The standard InChI is InChI=1S/C22H14N4O3S2/c27-21(20-24-14-5-1-2-6-18(14)30-20)26(11-13-4-3-7-23-10-13)22-25-15-8-16-17(29-12-28-16)9-19(15)31-22/h1-10H,11-12H2. The van der Waals surface area contributed by atoms with Gasteiger partial charge in [-0.05, 0) is 23.8 Å². The third-order valence-corrected chi connectivity index (χ3v) is 6.95. The highest BCUT2D eigenvalue weighted by Crippen LogP contribution is 2.40. The molecule has 5 aromatic rings. The van der Waals surface area contributed by atoms with Crippen molar-refractivity contribution in [2.75, 3.05) is 11.7 Å². The lowest BCUT2D eigenvalue weighted by Crippen LogP contribution is -2.30. The second kappa shape index (κ2) is 7.29. The molecule has 1 aliphatic heterocycles. The van der Waals surface area contributed by atoms with Gasteiger partial charge in [-0.25, -0.2) is 9.97 Å². The highest BCUT2D eigenvalue weighted by molar-refractivity contribution is 7.23. The molecule has 0 radical (unpaired) electrons. The number of ether oxygens (including phenoxy) is 2. The number of hydrogen-bond donors (Lipinski definition) is 0. The Kier molecular flexibility index (Phi) is 4.29. The van der Waals surface area contributed by atoms with Crippen LogP contribution in [-0.2, 0) is 6.54 Å². The van der Waals surface area contributed by atoms with Crippen LogP contribution in [0.5, 0.6) is 11.5 Å². The van der Waals surface area contributed by atoms with Gasteiger partial charge in [0.05, 0.1) is 27.0 Å². The summed E-state index contributed by atoms with van der Waals surface area (Å²) in [6.45, 7) is 0.553. The molecule has 0 aliphatic carbocycles. The summed E-state index contributed by atoms with van der Waals surface area (Å²) in [6, 6.07) is 15.3. The number of para-hydroxylation sites is 1. The Morgan fingerprint density at radius 1 is 0.968 bits per heavy atom.